The van der Waals surface area contributed by atoms with E-state index in [1.165, 1.54) is 33.1 Å². The summed E-state index contributed by atoms with van der Waals surface area (Å²) in [7, 11) is 1.26. The highest BCUT2D eigenvalue weighted by molar-refractivity contribution is 6.06. The maximum Gasteiger partial charge on any atom is 0.435 e. The van der Waals surface area contributed by atoms with Crippen LogP contribution in [0, 0.1) is 5.41 Å². The van der Waals surface area contributed by atoms with E-state index in [9.17, 15) is 22.8 Å². The van der Waals surface area contributed by atoms with Gasteiger partial charge in [0.2, 0.25) is 5.88 Å². The minimum absolute atomic E-state index is 0.0214. The van der Waals surface area contributed by atoms with Crippen LogP contribution in [0.25, 0.3) is 5.52 Å². The van der Waals surface area contributed by atoms with Crippen LogP contribution in [0.4, 0.5) is 13.2 Å². The van der Waals surface area contributed by atoms with Gasteiger partial charge in [0.05, 0.1) is 19.0 Å². The average molecular weight is 344 g/mol. The molecule has 6 nitrogen and oxygen atoms in total. The molecule has 130 valence electrons. The number of alkyl halides is 3. The molecule has 0 radical (unpaired) electrons. The quantitative estimate of drug-likeness (QED) is 0.843. The lowest BCUT2D eigenvalue weighted by Gasteiger charge is -2.21. The highest BCUT2D eigenvalue weighted by Gasteiger charge is 2.37. The number of hydrogen-bond donors (Lipinski definition) is 1. The number of ether oxygens (including phenoxy) is 1. The molecule has 0 aromatic carbocycles. The summed E-state index contributed by atoms with van der Waals surface area (Å²) >= 11 is 0. The predicted molar refractivity (Wildman–Crippen MR) is 77.1 cm³/mol. The normalized spacial score (nSPS) is 12.4. The smallest absolute Gasteiger partial charge is 0.435 e. The molecule has 1 N–H and O–H groups in total. The van der Waals surface area contributed by atoms with E-state index in [2.05, 4.69) is 5.10 Å². The number of carbonyl (C=O) groups is 2. The molecule has 0 saturated heterocycles. The number of carboxylic acid groups (broad SMARTS) is 1. The Morgan fingerprint density at radius 2 is 1.92 bits per heavy atom. The molecule has 0 atom stereocenters. The number of hydrogen-bond acceptors (Lipinski definition) is 4. The van der Waals surface area contributed by atoms with Gasteiger partial charge in [-0.1, -0.05) is 13.8 Å². The predicted octanol–water partition coefficient (Wildman–Crippen LogP) is 3.05. The van der Waals surface area contributed by atoms with Crippen molar-refractivity contribution >= 4 is 17.3 Å². The van der Waals surface area contributed by atoms with E-state index < -0.39 is 35.5 Å². The fraction of sp³-hybridized carbons (Fsp3) is 0.400. The minimum atomic E-state index is -4.69. The molecule has 0 fully saturated rings. The van der Waals surface area contributed by atoms with Crippen LogP contribution in [0.1, 0.15) is 36.3 Å². The van der Waals surface area contributed by atoms with Crippen LogP contribution >= 0.6 is 0 Å². The van der Waals surface area contributed by atoms with Crippen molar-refractivity contribution < 1.29 is 32.6 Å². The molecule has 0 bridgehead atoms. The van der Waals surface area contributed by atoms with E-state index in [4.69, 9.17) is 9.84 Å². The van der Waals surface area contributed by atoms with Crippen LogP contribution in [0.3, 0.4) is 0 Å². The maximum atomic E-state index is 12.9. The maximum absolute atomic E-state index is 12.9. The molecule has 2 rings (SSSR count). The third-order valence-electron chi connectivity index (χ3n) is 3.54. The molecule has 0 aliphatic carbocycles. The number of fused-ring (bicyclic) bond motifs is 1. The van der Waals surface area contributed by atoms with E-state index in [0.717, 1.165) is 10.6 Å². The van der Waals surface area contributed by atoms with Gasteiger partial charge in [0, 0.05) is 17.0 Å². The minimum Gasteiger partial charge on any atom is -0.481 e. The van der Waals surface area contributed by atoms with Crippen LogP contribution in [-0.4, -0.2) is 33.6 Å². The number of aromatic nitrogens is 2. The second kappa shape index (κ2) is 5.81. The van der Waals surface area contributed by atoms with E-state index in [1.807, 2.05) is 0 Å². The second-order valence-electron chi connectivity index (χ2n) is 5.90. The molecule has 0 saturated carbocycles. The summed E-state index contributed by atoms with van der Waals surface area (Å²) in [6.07, 6.45) is -5.14. The summed E-state index contributed by atoms with van der Waals surface area (Å²) < 4.78 is 44.6. The number of ketones is 1. The zero-order chi connectivity index (χ0) is 18.3. The standard InChI is InChI=1S/C15H15F3N2O4/c1-14(2,7-12(21)22)13(23)8-4-5-11(24-3)20-9(8)6-10(19-20)15(16,17)18/h4-6H,7H2,1-3H3,(H,21,22). The van der Waals surface area contributed by atoms with Gasteiger partial charge in [-0.15, -0.1) is 0 Å². The summed E-state index contributed by atoms with van der Waals surface area (Å²) in [6, 6.07) is 3.36. The number of carboxylic acids is 1. The zero-order valence-corrected chi connectivity index (χ0v) is 13.1. The number of carbonyl (C=O) groups excluding carboxylic acids is 1. The first-order chi connectivity index (χ1) is 11.0. The Labute approximate surface area is 134 Å². The van der Waals surface area contributed by atoms with Crippen molar-refractivity contribution in [2.45, 2.75) is 26.4 Å². The lowest BCUT2D eigenvalue weighted by molar-refractivity contribution is -0.141. The van der Waals surface area contributed by atoms with Gasteiger partial charge >= 0.3 is 12.1 Å². The first kappa shape index (κ1) is 17.8. The number of Topliss-reactive ketones (excluding diaryl/α,β-unsaturated/α-hetero) is 1. The first-order valence-electron chi connectivity index (χ1n) is 6.88. The highest BCUT2D eigenvalue weighted by Crippen LogP contribution is 2.34. The SMILES string of the molecule is COc1ccc(C(=O)C(C)(C)CC(=O)O)c2cc(C(F)(F)F)nn12. The average Bonchev–Trinajstić information content (AvgIpc) is 2.89. The molecule has 0 unspecified atom stereocenters. The fourth-order valence-corrected chi connectivity index (χ4v) is 2.36. The number of halogens is 3. The largest absolute Gasteiger partial charge is 0.481 e. The van der Waals surface area contributed by atoms with Gasteiger partial charge in [0.1, 0.15) is 0 Å². The number of rotatable bonds is 5. The van der Waals surface area contributed by atoms with E-state index in [-0.39, 0.29) is 17.0 Å². The molecule has 9 heteroatoms. The number of methoxy groups -OCH3 is 1. The molecule has 0 spiro atoms. The van der Waals surface area contributed by atoms with Gasteiger partial charge in [-0.3, -0.25) is 9.59 Å². The molecule has 0 aliphatic heterocycles. The monoisotopic (exact) mass is 344 g/mol. The zero-order valence-electron chi connectivity index (χ0n) is 13.1. The molecule has 24 heavy (non-hydrogen) atoms. The van der Waals surface area contributed by atoms with Crippen molar-refractivity contribution in [3.63, 3.8) is 0 Å². The van der Waals surface area contributed by atoms with Crippen molar-refractivity contribution in [1.29, 1.82) is 0 Å². The lowest BCUT2D eigenvalue weighted by Crippen LogP contribution is -2.28. The molecule has 2 heterocycles. The second-order valence-corrected chi connectivity index (χ2v) is 5.90. The van der Waals surface area contributed by atoms with Crippen LogP contribution in [-0.2, 0) is 11.0 Å². The molecule has 2 aromatic rings. The lowest BCUT2D eigenvalue weighted by atomic mass is 9.81. The Bertz CT molecular complexity index is 809. The van der Waals surface area contributed by atoms with Crippen molar-refractivity contribution in [3.05, 3.63) is 29.5 Å². The van der Waals surface area contributed by atoms with Crippen LogP contribution in [0.2, 0.25) is 0 Å². The van der Waals surface area contributed by atoms with Crippen molar-refractivity contribution in [2.75, 3.05) is 7.11 Å². The molecule has 0 aliphatic rings. The Balaban J connectivity index is 2.65. The van der Waals surface area contributed by atoms with Gasteiger partial charge in [-0.05, 0) is 12.1 Å². The van der Waals surface area contributed by atoms with Gasteiger partial charge in [0.25, 0.3) is 0 Å². The van der Waals surface area contributed by atoms with Gasteiger partial charge in [-0.2, -0.15) is 22.8 Å². The Morgan fingerprint density at radius 3 is 2.42 bits per heavy atom. The van der Waals surface area contributed by atoms with Gasteiger partial charge in [-0.25, -0.2) is 0 Å². The molecule has 2 aromatic heterocycles. The van der Waals surface area contributed by atoms with Crippen molar-refractivity contribution in [3.8, 4) is 5.88 Å². The third-order valence-corrected chi connectivity index (χ3v) is 3.54. The van der Waals surface area contributed by atoms with Gasteiger partial charge in [0.15, 0.2) is 11.5 Å². The summed E-state index contributed by atoms with van der Waals surface area (Å²) in [6.45, 7) is 2.84. The molecular weight excluding hydrogens is 329 g/mol. The van der Waals surface area contributed by atoms with E-state index in [0.29, 0.717) is 0 Å². The Hall–Kier alpha value is -2.58. The first-order valence-corrected chi connectivity index (χ1v) is 6.88. The van der Waals surface area contributed by atoms with Crippen LogP contribution < -0.4 is 4.74 Å². The Kier molecular flexibility index (Phi) is 4.30. The number of nitrogens with zero attached hydrogens (tertiary/aromatic N) is 2. The number of pyridine rings is 1. The molecule has 0 amide bonds. The van der Waals surface area contributed by atoms with E-state index >= 15 is 0 Å². The molecular formula is C15H15F3N2O4. The van der Waals surface area contributed by atoms with Crippen LogP contribution in [0.15, 0.2) is 18.2 Å². The van der Waals surface area contributed by atoms with Crippen LogP contribution in [0.5, 0.6) is 5.88 Å². The third kappa shape index (κ3) is 3.19. The van der Waals surface area contributed by atoms with E-state index in [1.54, 1.807) is 0 Å². The van der Waals surface area contributed by atoms with Crippen molar-refractivity contribution in [2.24, 2.45) is 5.41 Å². The summed E-state index contributed by atoms with van der Waals surface area (Å²) in [5.74, 6) is -1.75. The number of aliphatic carboxylic acids is 1. The van der Waals surface area contributed by atoms with Gasteiger partial charge < -0.3 is 9.84 Å². The van der Waals surface area contributed by atoms with Crippen molar-refractivity contribution in [1.82, 2.24) is 9.61 Å². The topological polar surface area (TPSA) is 80.9 Å². The summed E-state index contributed by atoms with van der Waals surface area (Å²) in [4.78, 5) is 23.6. The summed E-state index contributed by atoms with van der Waals surface area (Å²) in [5.41, 5.74) is -2.60. The highest BCUT2D eigenvalue weighted by atomic mass is 19.4. The fourth-order valence-electron chi connectivity index (χ4n) is 2.36. The summed E-state index contributed by atoms with van der Waals surface area (Å²) in [5, 5.41) is 12.4. The Morgan fingerprint density at radius 1 is 1.29 bits per heavy atom.